The minimum Gasteiger partial charge on any atom is -0.282 e. The summed E-state index contributed by atoms with van der Waals surface area (Å²) >= 11 is 12.0. The molecular formula is C10H12BrN3S3. The molecule has 2 heterocycles. The number of aryl methyl sites for hydroxylation is 1. The average Bonchev–Trinajstić information content (AvgIpc) is 2.74. The van der Waals surface area contributed by atoms with Gasteiger partial charge in [-0.05, 0) is 54.3 Å². The molecule has 17 heavy (non-hydrogen) atoms. The van der Waals surface area contributed by atoms with Gasteiger partial charge in [-0.15, -0.1) is 11.3 Å². The number of aromatic nitrogens is 2. The van der Waals surface area contributed by atoms with Gasteiger partial charge in [0, 0.05) is 11.4 Å². The molecule has 92 valence electrons. The predicted octanol–water partition coefficient (Wildman–Crippen LogP) is 3.90. The highest BCUT2D eigenvalue weighted by atomic mass is 79.9. The van der Waals surface area contributed by atoms with Crippen molar-refractivity contribution >= 4 is 50.8 Å². The van der Waals surface area contributed by atoms with E-state index in [4.69, 9.17) is 12.2 Å². The molecule has 2 aromatic rings. The fourth-order valence-electron chi connectivity index (χ4n) is 1.48. The van der Waals surface area contributed by atoms with Gasteiger partial charge < -0.3 is 0 Å². The number of halogens is 1. The Morgan fingerprint density at radius 1 is 1.47 bits per heavy atom. The normalized spacial score (nSPS) is 11.3. The lowest BCUT2D eigenvalue weighted by Gasteiger charge is -2.15. The molecule has 0 aliphatic heterocycles. The standard InChI is InChI=1S/C10H12BrN3S3/c1-7-12-14(10(15)16-7)6-13(2)5-8-3-4-9(11)17-8/h3-4H,5-6H2,1-2H3. The van der Waals surface area contributed by atoms with Crippen LogP contribution in [0.4, 0.5) is 0 Å². The second kappa shape index (κ2) is 5.71. The Bertz CT molecular complexity index is 557. The highest BCUT2D eigenvalue weighted by Crippen LogP contribution is 2.23. The van der Waals surface area contributed by atoms with Crippen LogP contribution in [0.25, 0.3) is 0 Å². The van der Waals surface area contributed by atoms with E-state index in [1.54, 1.807) is 22.7 Å². The van der Waals surface area contributed by atoms with Crippen LogP contribution in [0.1, 0.15) is 9.88 Å². The third-order valence-corrected chi connectivity index (χ3v) is 4.97. The summed E-state index contributed by atoms with van der Waals surface area (Å²) in [6.45, 7) is 3.63. The summed E-state index contributed by atoms with van der Waals surface area (Å²) in [6.07, 6.45) is 0. The van der Waals surface area contributed by atoms with E-state index in [9.17, 15) is 0 Å². The van der Waals surface area contributed by atoms with Crippen molar-refractivity contribution in [3.05, 3.63) is 29.8 Å². The SMILES string of the molecule is Cc1nn(CN(C)Cc2ccc(Br)s2)c(=S)s1. The van der Waals surface area contributed by atoms with Gasteiger partial charge in [0.15, 0.2) is 3.95 Å². The summed E-state index contributed by atoms with van der Waals surface area (Å²) in [5.74, 6) is 0. The van der Waals surface area contributed by atoms with Crippen LogP contribution in [0.15, 0.2) is 15.9 Å². The smallest absolute Gasteiger partial charge is 0.180 e. The van der Waals surface area contributed by atoms with E-state index in [2.05, 4.69) is 45.1 Å². The number of thiophene rings is 1. The Balaban J connectivity index is 2.00. The van der Waals surface area contributed by atoms with Crippen LogP contribution in [-0.4, -0.2) is 21.7 Å². The van der Waals surface area contributed by atoms with Crippen LogP contribution in [0.3, 0.4) is 0 Å². The van der Waals surface area contributed by atoms with Gasteiger partial charge in [0.1, 0.15) is 5.01 Å². The summed E-state index contributed by atoms with van der Waals surface area (Å²) in [5, 5.41) is 5.40. The Labute approximate surface area is 122 Å². The number of nitrogens with zero attached hydrogens (tertiary/aromatic N) is 3. The molecule has 0 fully saturated rings. The summed E-state index contributed by atoms with van der Waals surface area (Å²) < 4.78 is 3.88. The first-order chi connectivity index (χ1) is 8.04. The van der Waals surface area contributed by atoms with E-state index < -0.39 is 0 Å². The van der Waals surface area contributed by atoms with Gasteiger partial charge in [-0.3, -0.25) is 4.90 Å². The van der Waals surface area contributed by atoms with Crippen molar-refractivity contribution < 1.29 is 0 Å². The predicted molar refractivity (Wildman–Crippen MR) is 79.2 cm³/mol. The van der Waals surface area contributed by atoms with Gasteiger partial charge in [-0.1, -0.05) is 11.3 Å². The number of rotatable bonds is 4. The van der Waals surface area contributed by atoms with E-state index in [0.29, 0.717) is 0 Å². The monoisotopic (exact) mass is 349 g/mol. The van der Waals surface area contributed by atoms with Crippen molar-refractivity contribution in [3.63, 3.8) is 0 Å². The zero-order valence-corrected chi connectivity index (χ0v) is 13.5. The van der Waals surface area contributed by atoms with Crippen molar-refractivity contribution in [3.8, 4) is 0 Å². The fourth-order valence-corrected chi connectivity index (χ4v) is 4.10. The highest BCUT2D eigenvalue weighted by molar-refractivity contribution is 9.11. The maximum atomic E-state index is 5.25. The maximum absolute atomic E-state index is 5.25. The molecule has 2 aromatic heterocycles. The lowest BCUT2D eigenvalue weighted by atomic mass is 10.4. The lowest BCUT2D eigenvalue weighted by Crippen LogP contribution is -2.21. The second-order valence-electron chi connectivity index (χ2n) is 3.75. The first kappa shape index (κ1) is 13.4. The molecule has 0 aliphatic rings. The Morgan fingerprint density at radius 3 is 2.76 bits per heavy atom. The van der Waals surface area contributed by atoms with Crippen LogP contribution in [0.2, 0.25) is 0 Å². The molecule has 3 nitrogen and oxygen atoms in total. The molecule has 7 heteroatoms. The Morgan fingerprint density at radius 2 is 2.24 bits per heavy atom. The van der Waals surface area contributed by atoms with Crippen molar-refractivity contribution in [2.75, 3.05) is 7.05 Å². The number of hydrogen-bond acceptors (Lipinski definition) is 5. The maximum Gasteiger partial charge on any atom is 0.180 e. The third-order valence-electron chi connectivity index (χ3n) is 2.14. The minimum atomic E-state index is 0.735. The average molecular weight is 350 g/mol. The van der Waals surface area contributed by atoms with E-state index in [0.717, 1.165) is 22.2 Å². The molecule has 0 amide bonds. The van der Waals surface area contributed by atoms with Crippen molar-refractivity contribution in [1.82, 2.24) is 14.7 Å². The van der Waals surface area contributed by atoms with E-state index in [1.165, 1.54) is 8.66 Å². The molecular weight excluding hydrogens is 338 g/mol. The Kier molecular flexibility index (Phi) is 4.48. The molecule has 0 unspecified atom stereocenters. The van der Waals surface area contributed by atoms with E-state index >= 15 is 0 Å². The summed E-state index contributed by atoms with van der Waals surface area (Å²) in [5.41, 5.74) is 0. The fraction of sp³-hybridized carbons (Fsp3) is 0.400. The second-order valence-corrected chi connectivity index (χ2v) is 8.12. The molecule has 0 aromatic carbocycles. The molecule has 0 bridgehead atoms. The van der Waals surface area contributed by atoms with Crippen molar-refractivity contribution in [2.24, 2.45) is 0 Å². The Hall–Kier alpha value is -0.0800. The molecule has 0 saturated carbocycles. The first-order valence-electron chi connectivity index (χ1n) is 5.02. The van der Waals surface area contributed by atoms with Crippen molar-refractivity contribution in [1.29, 1.82) is 0 Å². The van der Waals surface area contributed by atoms with Gasteiger partial charge in [0.2, 0.25) is 0 Å². The van der Waals surface area contributed by atoms with Crippen molar-refractivity contribution in [2.45, 2.75) is 20.1 Å². The molecule has 0 aliphatic carbocycles. The van der Waals surface area contributed by atoms with Crippen LogP contribution >= 0.6 is 50.8 Å². The number of hydrogen-bond donors (Lipinski definition) is 0. The molecule has 0 saturated heterocycles. The molecule has 0 N–H and O–H groups in total. The largest absolute Gasteiger partial charge is 0.282 e. The first-order valence-corrected chi connectivity index (χ1v) is 7.85. The third kappa shape index (κ3) is 3.69. The van der Waals surface area contributed by atoms with Gasteiger partial charge in [-0.2, -0.15) is 5.10 Å². The summed E-state index contributed by atoms with van der Waals surface area (Å²) in [4.78, 5) is 3.53. The minimum absolute atomic E-state index is 0.735. The molecule has 0 radical (unpaired) electrons. The summed E-state index contributed by atoms with van der Waals surface area (Å²) in [6, 6.07) is 4.21. The van der Waals surface area contributed by atoms with Crippen LogP contribution in [0.5, 0.6) is 0 Å². The highest BCUT2D eigenvalue weighted by Gasteiger charge is 2.06. The molecule has 0 atom stereocenters. The van der Waals surface area contributed by atoms with Crippen LogP contribution in [0, 0.1) is 10.9 Å². The van der Waals surface area contributed by atoms with Crippen LogP contribution in [-0.2, 0) is 13.2 Å². The van der Waals surface area contributed by atoms with Gasteiger partial charge in [-0.25, -0.2) is 4.68 Å². The van der Waals surface area contributed by atoms with Crippen LogP contribution < -0.4 is 0 Å². The van der Waals surface area contributed by atoms with E-state index in [-0.39, 0.29) is 0 Å². The van der Waals surface area contributed by atoms with Gasteiger partial charge in [0.25, 0.3) is 0 Å². The lowest BCUT2D eigenvalue weighted by molar-refractivity contribution is 0.247. The topological polar surface area (TPSA) is 21.1 Å². The van der Waals surface area contributed by atoms with Gasteiger partial charge >= 0.3 is 0 Å². The zero-order chi connectivity index (χ0) is 12.4. The molecule has 2 rings (SSSR count). The zero-order valence-electron chi connectivity index (χ0n) is 9.51. The quantitative estimate of drug-likeness (QED) is 0.781. The summed E-state index contributed by atoms with van der Waals surface area (Å²) in [7, 11) is 2.07. The van der Waals surface area contributed by atoms with E-state index in [1.807, 2.05) is 11.6 Å². The van der Waals surface area contributed by atoms with Gasteiger partial charge in [0.05, 0.1) is 10.5 Å². The molecule has 0 spiro atoms.